The summed E-state index contributed by atoms with van der Waals surface area (Å²) in [6.45, 7) is 4.14. The maximum Gasteiger partial charge on any atom is 0.243 e. The molecule has 1 aromatic rings. The molecule has 0 aliphatic carbocycles. The summed E-state index contributed by atoms with van der Waals surface area (Å²) >= 11 is 0. The zero-order chi connectivity index (χ0) is 16.6. The Kier molecular flexibility index (Phi) is 4.43. The first-order valence-corrected chi connectivity index (χ1v) is 9.20. The van der Waals surface area contributed by atoms with Crippen LogP contribution in [-0.4, -0.2) is 63.1 Å². The minimum Gasteiger partial charge on any atom is -0.375 e. The number of morpholine rings is 1. The van der Waals surface area contributed by atoms with Gasteiger partial charge >= 0.3 is 0 Å². The Labute approximate surface area is 137 Å². The second kappa shape index (κ2) is 6.21. The van der Waals surface area contributed by atoms with Crippen molar-refractivity contribution in [2.45, 2.75) is 30.4 Å². The van der Waals surface area contributed by atoms with Gasteiger partial charge in [-0.05, 0) is 44.2 Å². The number of fused-ring (bicyclic) bond motifs is 1. The van der Waals surface area contributed by atoms with Crippen molar-refractivity contribution in [2.75, 3.05) is 33.3 Å². The van der Waals surface area contributed by atoms with Gasteiger partial charge in [-0.3, -0.25) is 0 Å². The van der Waals surface area contributed by atoms with Gasteiger partial charge in [0.25, 0.3) is 0 Å². The van der Waals surface area contributed by atoms with E-state index in [1.54, 1.807) is 29.4 Å². The smallest absolute Gasteiger partial charge is 0.243 e. The number of benzene rings is 1. The highest BCUT2D eigenvalue weighted by atomic mass is 32.2. The van der Waals surface area contributed by atoms with E-state index in [9.17, 15) is 8.42 Å². The molecule has 2 heterocycles. The van der Waals surface area contributed by atoms with Crippen LogP contribution in [0.1, 0.15) is 17.5 Å². The van der Waals surface area contributed by atoms with Gasteiger partial charge in [-0.2, -0.15) is 9.57 Å². The van der Waals surface area contributed by atoms with Gasteiger partial charge < -0.3 is 9.64 Å². The van der Waals surface area contributed by atoms with Crippen LogP contribution in [0.3, 0.4) is 0 Å². The van der Waals surface area contributed by atoms with Crippen molar-refractivity contribution in [1.82, 2.24) is 9.21 Å². The standard InChI is InChI=1S/C16H21N3O3S/c1-12-9-13(10-17)3-4-16(12)23(20,21)19-7-8-22-15-5-6-18(2)11-14(15)19/h3-4,9,14-15H,5-8,11H2,1-2H3. The molecule has 124 valence electrons. The average Bonchev–Trinajstić information content (AvgIpc) is 2.53. The van der Waals surface area contributed by atoms with E-state index in [4.69, 9.17) is 10.00 Å². The third-order valence-corrected chi connectivity index (χ3v) is 6.71. The van der Waals surface area contributed by atoms with Gasteiger partial charge in [0.2, 0.25) is 10.0 Å². The monoisotopic (exact) mass is 335 g/mol. The predicted molar refractivity (Wildman–Crippen MR) is 85.4 cm³/mol. The van der Waals surface area contributed by atoms with Crippen LogP contribution in [-0.2, 0) is 14.8 Å². The van der Waals surface area contributed by atoms with Crippen molar-refractivity contribution in [2.24, 2.45) is 0 Å². The summed E-state index contributed by atoms with van der Waals surface area (Å²) in [4.78, 5) is 2.43. The lowest BCUT2D eigenvalue weighted by atomic mass is 10.0. The quantitative estimate of drug-likeness (QED) is 0.805. The van der Waals surface area contributed by atoms with Gasteiger partial charge in [-0.1, -0.05) is 0 Å². The molecular formula is C16H21N3O3S. The number of likely N-dealkylation sites (N-methyl/N-ethyl adjacent to an activating group) is 1. The van der Waals surface area contributed by atoms with Gasteiger partial charge in [0, 0.05) is 19.6 Å². The molecule has 0 aromatic heterocycles. The topological polar surface area (TPSA) is 73.6 Å². The van der Waals surface area contributed by atoms with E-state index in [1.165, 1.54) is 0 Å². The fourth-order valence-corrected chi connectivity index (χ4v) is 5.26. The summed E-state index contributed by atoms with van der Waals surface area (Å²) in [6.07, 6.45) is 0.813. The molecule has 2 aliphatic rings. The number of sulfonamides is 1. The molecule has 1 aromatic carbocycles. The number of hydrogen-bond donors (Lipinski definition) is 0. The number of aryl methyl sites for hydroxylation is 1. The highest BCUT2D eigenvalue weighted by Crippen LogP contribution is 2.29. The predicted octanol–water partition coefficient (Wildman–Crippen LogP) is 0.960. The lowest BCUT2D eigenvalue weighted by molar-refractivity contribution is -0.0719. The molecule has 0 saturated carbocycles. The highest BCUT2D eigenvalue weighted by Gasteiger charge is 2.42. The number of ether oxygens (including phenoxy) is 1. The largest absolute Gasteiger partial charge is 0.375 e. The summed E-state index contributed by atoms with van der Waals surface area (Å²) in [7, 11) is -1.59. The van der Waals surface area contributed by atoms with E-state index in [-0.39, 0.29) is 17.0 Å². The zero-order valence-electron chi connectivity index (χ0n) is 13.4. The van der Waals surface area contributed by atoms with E-state index in [1.807, 2.05) is 13.1 Å². The first kappa shape index (κ1) is 16.4. The fourth-order valence-electron chi connectivity index (χ4n) is 3.43. The first-order chi connectivity index (χ1) is 10.9. The van der Waals surface area contributed by atoms with Crippen molar-refractivity contribution in [1.29, 1.82) is 5.26 Å². The Bertz CT molecular complexity index is 741. The van der Waals surface area contributed by atoms with Gasteiger partial charge in [0.1, 0.15) is 0 Å². The lowest BCUT2D eigenvalue weighted by Crippen LogP contribution is -2.60. The van der Waals surface area contributed by atoms with Crippen molar-refractivity contribution in [3.05, 3.63) is 29.3 Å². The van der Waals surface area contributed by atoms with Crippen molar-refractivity contribution in [3.63, 3.8) is 0 Å². The van der Waals surface area contributed by atoms with Crippen LogP contribution in [0.4, 0.5) is 0 Å². The second-order valence-electron chi connectivity index (χ2n) is 6.24. The van der Waals surface area contributed by atoms with Crippen LogP contribution in [0.25, 0.3) is 0 Å². The molecule has 0 radical (unpaired) electrons. The third-order valence-electron chi connectivity index (χ3n) is 4.63. The number of hydrogen-bond acceptors (Lipinski definition) is 5. The molecule has 0 spiro atoms. The molecular weight excluding hydrogens is 314 g/mol. The normalized spacial score (nSPS) is 26.5. The Balaban J connectivity index is 1.96. The summed E-state index contributed by atoms with van der Waals surface area (Å²) in [5, 5.41) is 8.96. The summed E-state index contributed by atoms with van der Waals surface area (Å²) in [5.74, 6) is 0. The van der Waals surface area contributed by atoms with Gasteiger partial charge in [-0.15, -0.1) is 0 Å². The van der Waals surface area contributed by atoms with E-state index in [2.05, 4.69) is 4.90 Å². The van der Waals surface area contributed by atoms with Crippen LogP contribution in [0.5, 0.6) is 0 Å². The molecule has 0 N–H and O–H groups in total. The maximum absolute atomic E-state index is 13.1. The SMILES string of the molecule is Cc1cc(C#N)ccc1S(=O)(=O)N1CCOC2CCN(C)CC21. The molecule has 2 atom stereocenters. The average molecular weight is 335 g/mol. The highest BCUT2D eigenvalue weighted by molar-refractivity contribution is 7.89. The molecule has 7 heteroatoms. The minimum atomic E-state index is -3.59. The van der Waals surface area contributed by atoms with Crippen LogP contribution in [0.15, 0.2) is 23.1 Å². The number of nitriles is 1. The van der Waals surface area contributed by atoms with E-state index >= 15 is 0 Å². The van der Waals surface area contributed by atoms with Crippen molar-refractivity contribution < 1.29 is 13.2 Å². The van der Waals surface area contributed by atoms with Crippen LogP contribution >= 0.6 is 0 Å². The molecule has 3 rings (SSSR count). The molecule has 2 unspecified atom stereocenters. The molecule has 0 bridgehead atoms. The molecule has 6 nitrogen and oxygen atoms in total. The summed E-state index contributed by atoms with van der Waals surface area (Å²) in [6, 6.07) is 6.62. The van der Waals surface area contributed by atoms with Gasteiger partial charge in [-0.25, -0.2) is 8.42 Å². The Hall–Kier alpha value is -1.46. The summed E-state index contributed by atoms with van der Waals surface area (Å²) in [5.41, 5.74) is 1.08. The summed E-state index contributed by atoms with van der Waals surface area (Å²) < 4.78 is 33.6. The lowest BCUT2D eigenvalue weighted by Gasteiger charge is -2.45. The first-order valence-electron chi connectivity index (χ1n) is 7.76. The van der Waals surface area contributed by atoms with Gasteiger partial charge in [0.05, 0.1) is 35.3 Å². The Morgan fingerprint density at radius 3 is 2.83 bits per heavy atom. The zero-order valence-corrected chi connectivity index (χ0v) is 14.2. The third kappa shape index (κ3) is 3.00. The number of rotatable bonds is 2. The molecule has 2 aliphatic heterocycles. The van der Waals surface area contributed by atoms with E-state index in [0.717, 1.165) is 13.0 Å². The minimum absolute atomic E-state index is 0.0339. The molecule has 23 heavy (non-hydrogen) atoms. The maximum atomic E-state index is 13.1. The van der Waals surface area contributed by atoms with Crippen molar-refractivity contribution in [3.8, 4) is 6.07 Å². The van der Waals surface area contributed by atoms with Crippen LogP contribution in [0, 0.1) is 18.3 Å². The Morgan fingerprint density at radius 1 is 1.35 bits per heavy atom. The number of likely N-dealkylation sites (tertiary alicyclic amines) is 1. The Morgan fingerprint density at radius 2 is 2.13 bits per heavy atom. The van der Waals surface area contributed by atoms with E-state index < -0.39 is 10.0 Å². The molecule has 0 amide bonds. The number of piperidine rings is 1. The van der Waals surface area contributed by atoms with Crippen LogP contribution in [0.2, 0.25) is 0 Å². The van der Waals surface area contributed by atoms with E-state index in [0.29, 0.717) is 30.8 Å². The second-order valence-corrected chi connectivity index (χ2v) is 8.09. The van der Waals surface area contributed by atoms with Gasteiger partial charge in [0.15, 0.2) is 0 Å². The van der Waals surface area contributed by atoms with Crippen molar-refractivity contribution >= 4 is 10.0 Å². The number of nitrogens with zero attached hydrogens (tertiary/aromatic N) is 3. The van der Waals surface area contributed by atoms with Crippen LogP contribution < -0.4 is 0 Å². The molecule has 2 fully saturated rings. The fraction of sp³-hybridized carbons (Fsp3) is 0.562. The molecule has 2 saturated heterocycles.